The molecule has 1 fully saturated rings. The van der Waals surface area contributed by atoms with Crippen molar-refractivity contribution >= 4 is 11.9 Å². The van der Waals surface area contributed by atoms with Crippen molar-refractivity contribution in [1.29, 1.82) is 0 Å². The van der Waals surface area contributed by atoms with Crippen molar-refractivity contribution in [3.05, 3.63) is 35.9 Å². The molecular formula is C16H21NO4. The summed E-state index contributed by atoms with van der Waals surface area (Å²) in [6.07, 6.45) is 1.09. The molecule has 0 aromatic heterocycles. The molecule has 1 aromatic carbocycles. The van der Waals surface area contributed by atoms with Crippen LogP contribution < -0.4 is 0 Å². The molecule has 5 heteroatoms. The van der Waals surface area contributed by atoms with E-state index in [1.54, 1.807) is 13.8 Å². The first-order chi connectivity index (χ1) is 10.0. The Hall–Kier alpha value is -1.88. The first kappa shape index (κ1) is 15.5. The third-order valence-electron chi connectivity index (χ3n) is 3.66. The highest BCUT2D eigenvalue weighted by Crippen LogP contribution is 2.29. The molecule has 2 unspecified atom stereocenters. The van der Waals surface area contributed by atoms with Crippen LogP contribution in [0.4, 0.5) is 0 Å². The molecule has 2 rings (SSSR count). The van der Waals surface area contributed by atoms with E-state index in [9.17, 15) is 9.59 Å². The van der Waals surface area contributed by atoms with Crippen LogP contribution in [0.1, 0.15) is 32.3 Å². The highest BCUT2D eigenvalue weighted by molar-refractivity contribution is 5.86. The van der Waals surface area contributed by atoms with Crippen LogP contribution in [0, 0.1) is 0 Å². The molecule has 114 valence electrons. The minimum Gasteiger partial charge on any atom is -0.480 e. The molecular weight excluding hydrogens is 270 g/mol. The highest BCUT2D eigenvalue weighted by atomic mass is 16.5. The standard InChI is InChI=1S/C16H21NO4/c1-11(16(19)20)17(14-8-9-14)15(18)12(2)21-10-13-6-4-3-5-7-13/h3-7,11-12,14H,8-10H2,1-2H3,(H,19,20). The summed E-state index contributed by atoms with van der Waals surface area (Å²) in [6, 6.07) is 8.83. The minimum atomic E-state index is -0.981. The number of aliphatic carboxylic acids is 1. The van der Waals surface area contributed by atoms with Crippen molar-refractivity contribution in [3.63, 3.8) is 0 Å². The van der Waals surface area contributed by atoms with Crippen molar-refractivity contribution in [3.8, 4) is 0 Å². The van der Waals surface area contributed by atoms with Crippen LogP contribution in [0.2, 0.25) is 0 Å². The monoisotopic (exact) mass is 291 g/mol. The van der Waals surface area contributed by atoms with Gasteiger partial charge in [-0.05, 0) is 32.3 Å². The maximum Gasteiger partial charge on any atom is 0.326 e. The van der Waals surface area contributed by atoms with Gasteiger partial charge >= 0.3 is 5.97 Å². The molecule has 1 N–H and O–H groups in total. The fraction of sp³-hybridized carbons (Fsp3) is 0.500. The lowest BCUT2D eigenvalue weighted by Crippen LogP contribution is -2.48. The first-order valence-electron chi connectivity index (χ1n) is 7.21. The van der Waals surface area contributed by atoms with Crippen LogP contribution in [0.25, 0.3) is 0 Å². The zero-order chi connectivity index (χ0) is 15.4. The topological polar surface area (TPSA) is 66.8 Å². The van der Waals surface area contributed by atoms with Crippen molar-refractivity contribution in [1.82, 2.24) is 4.90 Å². The maximum absolute atomic E-state index is 12.4. The second kappa shape index (κ2) is 6.72. The van der Waals surface area contributed by atoms with E-state index in [2.05, 4.69) is 0 Å². The van der Waals surface area contributed by atoms with Gasteiger partial charge in [0, 0.05) is 6.04 Å². The molecule has 0 heterocycles. The minimum absolute atomic E-state index is 0.0476. The van der Waals surface area contributed by atoms with E-state index in [1.807, 2.05) is 30.3 Å². The molecule has 2 atom stereocenters. The van der Waals surface area contributed by atoms with Crippen molar-refractivity contribution < 1.29 is 19.4 Å². The van der Waals surface area contributed by atoms with Gasteiger partial charge in [-0.15, -0.1) is 0 Å². The van der Waals surface area contributed by atoms with E-state index >= 15 is 0 Å². The number of amides is 1. The average Bonchev–Trinajstić information content (AvgIpc) is 3.30. The van der Waals surface area contributed by atoms with Crippen molar-refractivity contribution in [2.45, 2.75) is 51.5 Å². The van der Waals surface area contributed by atoms with Gasteiger partial charge in [-0.25, -0.2) is 4.79 Å². The van der Waals surface area contributed by atoms with Gasteiger partial charge in [0.25, 0.3) is 5.91 Å². The van der Waals surface area contributed by atoms with Gasteiger partial charge in [0.1, 0.15) is 12.1 Å². The summed E-state index contributed by atoms with van der Waals surface area (Å²) in [5.74, 6) is -1.23. The van der Waals surface area contributed by atoms with E-state index in [0.29, 0.717) is 6.61 Å². The van der Waals surface area contributed by atoms with Gasteiger partial charge in [-0.1, -0.05) is 30.3 Å². The summed E-state index contributed by atoms with van der Waals surface area (Å²) in [5, 5.41) is 9.13. The second-order valence-electron chi connectivity index (χ2n) is 5.43. The Kier molecular flexibility index (Phi) is 4.96. The number of nitrogens with zero attached hydrogens (tertiary/aromatic N) is 1. The van der Waals surface area contributed by atoms with Crippen molar-refractivity contribution in [2.75, 3.05) is 0 Å². The number of hydrogen-bond acceptors (Lipinski definition) is 3. The molecule has 1 aliphatic carbocycles. The third kappa shape index (κ3) is 4.04. The number of benzene rings is 1. The summed E-state index contributed by atoms with van der Waals surface area (Å²) in [4.78, 5) is 25.0. The lowest BCUT2D eigenvalue weighted by atomic mass is 10.2. The molecule has 1 aromatic rings. The molecule has 0 radical (unpaired) electrons. The van der Waals surface area contributed by atoms with Gasteiger partial charge in [0.15, 0.2) is 0 Å². The molecule has 5 nitrogen and oxygen atoms in total. The van der Waals surface area contributed by atoms with Gasteiger partial charge in [0.2, 0.25) is 0 Å². The summed E-state index contributed by atoms with van der Waals surface area (Å²) >= 11 is 0. The summed E-state index contributed by atoms with van der Waals surface area (Å²) in [7, 11) is 0. The van der Waals surface area contributed by atoms with E-state index in [-0.39, 0.29) is 11.9 Å². The maximum atomic E-state index is 12.4. The second-order valence-corrected chi connectivity index (χ2v) is 5.43. The largest absolute Gasteiger partial charge is 0.480 e. The smallest absolute Gasteiger partial charge is 0.326 e. The molecule has 21 heavy (non-hydrogen) atoms. The summed E-state index contributed by atoms with van der Waals surface area (Å²) in [5.41, 5.74) is 0.987. The molecule has 0 spiro atoms. The SMILES string of the molecule is CC(OCc1ccccc1)C(=O)N(C1CC1)C(C)C(=O)O. The van der Waals surface area contributed by atoms with E-state index < -0.39 is 18.1 Å². The van der Waals surface area contributed by atoms with Crippen LogP contribution in [0.3, 0.4) is 0 Å². The number of rotatable bonds is 7. The lowest BCUT2D eigenvalue weighted by Gasteiger charge is -2.29. The molecule has 1 aliphatic rings. The van der Waals surface area contributed by atoms with Crippen LogP contribution >= 0.6 is 0 Å². The number of carbonyl (C=O) groups is 2. The Morgan fingerprint density at radius 1 is 1.29 bits per heavy atom. The van der Waals surface area contributed by atoms with E-state index in [1.165, 1.54) is 4.90 Å². The molecule has 1 amide bonds. The van der Waals surface area contributed by atoms with Crippen LogP contribution in [-0.4, -0.2) is 40.1 Å². The van der Waals surface area contributed by atoms with Gasteiger partial charge < -0.3 is 14.7 Å². The molecule has 0 bridgehead atoms. The first-order valence-corrected chi connectivity index (χ1v) is 7.21. The predicted molar refractivity (Wildman–Crippen MR) is 77.7 cm³/mol. The van der Waals surface area contributed by atoms with E-state index in [4.69, 9.17) is 9.84 Å². The fourth-order valence-corrected chi connectivity index (χ4v) is 2.24. The number of carbonyl (C=O) groups excluding carboxylic acids is 1. The Morgan fingerprint density at radius 2 is 1.90 bits per heavy atom. The number of hydrogen-bond donors (Lipinski definition) is 1. The quantitative estimate of drug-likeness (QED) is 0.835. The average molecular weight is 291 g/mol. The zero-order valence-corrected chi connectivity index (χ0v) is 12.4. The number of ether oxygens (including phenoxy) is 1. The summed E-state index contributed by atoms with van der Waals surface area (Å²) in [6.45, 7) is 3.56. The normalized spacial score (nSPS) is 17.0. The number of carboxylic acid groups (broad SMARTS) is 1. The fourth-order valence-electron chi connectivity index (χ4n) is 2.24. The molecule has 1 saturated carbocycles. The van der Waals surface area contributed by atoms with Crippen LogP contribution in [0.5, 0.6) is 0 Å². The predicted octanol–water partition coefficient (Wildman–Crippen LogP) is 2.06. The lowest BCUT2D eigenvalue weighted by molar-refractivity contribution is -0.156. The van der Waals surface area contributed by atoms with E-state index in [0.717, 1.165) is 18.4 Å². The van der Waals surface area contributed by atoms with Gasteiger partial charge in [-0.3, -0.25) is 4.79 Å². The van der Waals surface area contributed by atoms with Crippen molar-refractivity contribution in [2.24, 2.45) is 0 Å². The highest BCUT2D eigenvalue weighted by Gasteiger charge is 2.40. The third-order valence-corrected chi connectivity index (χ3v) is 3.66. The Labute approximate surface area is 124 Å². The Morgan fingerprint density at radius 3 is 2.43 bits per heavy atom. The van der Waals surface area contributed by atoms with Crippen LogP contribution in [-0.2, 0) is 20.9 Å². The summed E-state index contributed by atoms with van der Waals surface area (Å²) < 4.78 is 5.59. The number of carboxylic acids is 1. The molecule has 0 saturated heterocycles. The van der Waals surface area contributed by atoms with Gasteiger partial charge in [0.05, 0.1) is 6.61 Å². The Balaban J connectivity index is 1.95. The zero-order valence-electron chi connectivity index (χ0n) is 12.4. The van der Waals surface area contributed by atoms with Gasteiger partial charge in [-0.2, -0.15) is 0 Å². The molecule has 0 aliphatic heterocycles. The Bertz CT molecular complexity index is 498. The van der Waals surface area contributed by atoms with Crippen LogP contribution in [0.15, 0.2) is 30.3 Å².